The zero-order valence-electron chi connectivity index (χ0n) is 6.33. The molecule has 0 aliphatic heterocycles. The Morgan fingerprint density at radius 3 is 1.50 bits per heavy atom. The zero-order chi connectivity index (χ0) is 11.6. The highest BCUT2D eigenvalue weighted by Crippen LogP contribution is 2.33. The summed E-state index contributed by atoms with van der Waals surface area (Å²) in [4.78, 5) is 0. The summed E-state index contributed by atoms with van der Waals surface area (Å²) in [7, 11) is 0. The van der Waals surface area contributed by atoms with Gasteiger partial charge >= 0.3 is 12.4 Å². The molecule has 0 bridgehead atoms. The van der Waals surface area contributed by atoms with E-state index in [2.05, 4.69) is 0 Å². The van der Waals surface area contributed by atoms with E-state index in [1.165, 1.54) is 0 Å². The van der Waals surface area contributed by atoms with E-state index in [4.69, 9.17) is 0 Å². The topological polar surface area (TPSA) is 0 Å². The number of hydrogen-bond acceptors (Lipinski definition) is 0. The van der Waals surface area contributed by atoms with Gasteiger partial charge in [0.05, 0.1) is 0 Å². The Balaban J connectivity index is 4.64. The Morgan fingerprint density at radius 1 is 0.857 bits per heavy atom. The molecule has 0 heterocycles. The molecule has 0 radical (unpaired) electrons. The van der Waals surface area contributed by atoms with Crippen LogP contribution in [0.2, 0.25) is 0 Å². The molecule has 0 aliphatic carbocycles. The van der Waals surface area contributed by atoms with E-state index in [0.717, 1.165) is 0 Å². The summed E-state index contributed by atoms with van der Waals surface area (Å²) in [5, 5.41) is 0. The van der Waals surface area contributed by atoms with Crippen LogP contribution < -0.4 is 0 Å². The van der Waals surface area contributed by atoms with Gasteiger partial charge < -0.3 is 0 Å². The summed E-state index contributed by atoms with van der Waals surface area (Å²) in [5.74, 6) is -3.39. The molecular formula is C6H4F8. The van der Waals surface area contributed by atoms with Crippen molar-refractivity contribution in [2.24, 2.45) is 5.92 Å². The van der Waals surface area contributed by atoms with Gasteiger partial charge in [-0.05, 0) is 0 Å². The van der Waals surface area contributed by atoms with E-state index in [-0.39, 0.29) is 0 Å². The van der Waals surface area contributed by atoms with Crippen LogP contribution in [0.15, 0.2) is 12.2 Å². The minimum Gasteiger partial charge on any atom is -0.209 e. The Morgan fingerprint density at radius 2 is 1.29 bits per heavy atom. The molecular weight excluding hydrogens is 224 g/mol. The normalized spacial score (nSPS) is 16.6. The summed E-state index contributed by atoms with van der Waals surface area (Å²) in [6.07, 6.45) is -15.8. The second-order valence-electron chi connectivity index (χ2n) is 2.30. The summed E-state index contributed by atoms with van der Waals surface area (Å²) in [5.41, 5.74) is 0. The SMILES string of the molecule is FC(F)C(/C=C/C(F)(F)F)C(F)(F)F. The van der Waals surface area contributed by atoms with Crippen LogP contribution in [0.3, 0.4) is 0 Å². The van der Waals surface area contributed by atoms with Crippen molar-refractivity contribution in [3.8, 4) is 0 Å². The van der Waals surface area contributed by atoms with Gasteiger partial charge in [-0.25, -0.2) is 8.78 Å². The van der Waals surface area contributed by atoms with Gasteiger partial charge in [0.1, 0.15) is 5.92 Å². The third-order valence-corrected chi connectivity index (χ3v) is 1.14. The number of allylic oxidation sites excluding steroid dienone is 2. The van der Waals surface area contributed by atoms with Gasteiger partial charge in [-0.2, -0.15) is 26.3 Å². The third kappa shape index (κ3) is 5.03. The monoisotopic (exact) mass is 228 g/mol. The lowest BCUT2D eigenvalue weighted by Crippen LogP contribution is -2.28. The fraction of sp³-hybridized carbons (Fsp3) is 0.667. The van der Waals surface area contributed by atoms with Crippen molar-refractivity contribution in [2.45, 2.75) is 18.8 Å². The molecule has 0 spiro atoms. The van der Waals surface area contributed by atoms with Crippen LogP contribution in [0, 0.1) is 5.92 Å². The first-order valence-corrected chi connectivity index (χ1v) is 3.15. The van der Waals surface area contributed by atoms with E-state index >= 15 is 0 Å². The number of hydrogen-bond donors (Lipinski definition) is 0. The Bertz CT molecular complexity index is 197. The molecule has 0 aromatic heterocycles. The van der Waals surface area contributed by atoms with Crippen molar-refractivity contribution < 1.29 is 35.1 Å². The second-order valence-corrected chi connectivity index (χ2v) is 2.30. The first-order chi connectivity index (χ1) is 6.04. The van der Waals surface area contributed by atoms with Crippen LogP contribution >= 0.6 is 0 Å². The van der Waals surface area contributed by atoms with E-state index in [9.17, 15) is 35.1 Å². The number of alkyl halides is 8. The average molecular weight is 228 g/mol. The largest absolute Gasteiger partial charge is 0.409 e. The standard InChI is InChI=1S/C6H4F8/c7-4(8)3(6(12,13)14)1-2-5(9,10)11/h1-4H/b2-1+. The van der Waals surface area contributed by atoms with Crippen LogP contribution in [0.1, 0.15) is 0 Å². The maximum Gasteiger partial charge on any atom is 0.409 e. The molecule has 0 saturated heterocycles. The predicted octanol–water partition coefficient (Wildman–Crippen LogP) is 3.55. The maximum atomic E-state index is 11.6. The van der Waals surface area contributed by atoms with Gasteiger partial charge in [0.2, 0.25) is 0 Å². The first-order valence-electron chi connectivity index (χ1n) is 3.15. The molecule has 0 aromatic carbocycles. The molecule has 0 aromatic rings. The summed E-state index contributed by atoms with van der Waals surface area (Å²) < 4.78 is 92.3. The molecule has 0 fully saturated rings. The Kier molecular flexibility index (Phi) is 3.90. The van der Waals surface area contributed by atoms with E-state index in [1.54, 1.807) is 0 Å². The summed E-state index contributed by atoms with van der Waals surface area (Å²) in [6.45, 7) is 0. The quantitative estimate of drug-likeness (QED) is 0.500. The van der Waals surface area contributed by atoms with Crippen molar-refractivity contribution in [3.63, 3.8) is 0 Å². The van der Waals surface area contributed by atoms with Crippen molar-refractivity contribution in [3.05, 3.63) is 12.2 Å². The van der Waals surface area contributed by atoms with Crippen LogP contribution in [0.5, 0.6) is 0 Å². The molecule has 0 aliphatic rings. The third-order valence-electron chi connectivity index (χ3n) is 1.14. The zero-order valence-corrected chi connectivity index (χ0v) is 6.33. The molecule has 14 heavy (non-hydrogen) atoms. The van der Waals surface area contributed by atoms with Crippen molar-refractivity contribution in [1.82, 2.24) is 0 Å². The summed E-state index contributed by atoms with van der Waals surface area (Å²) in [6, 6.07) is 0. The minimum absolute atomic E-state index is 0.593. The van der Waals surface area contributed by atoms with Gasteiger partial charge in [0.25, 0.3) is 6.43 Å². The molecule has 1 atom stereocenters. The van der Waals surface area contributed by atoms with Crippen molar-refractivity contribution in [1.29, 1.82) is 0 Å². The highest BCUT2D eigenvalue weighted by molar-refractivity contribution is 4.97. The van der Waals surface area contributed by atoms with Crippen molar-refractivity contribution in [2.75, 3.05) is 0 Å². The lowest BCUT2D eigenvalue weighted by Gasteiger charge is -2.15. The number of rotatable bonds is 2. The Hall–Kier alpha value is -0.820. The molecule has 0 amide bonds. The predicted molar refractivity (Wildman–Crippen MR) is 30.7 cm³/mol. The average Bonchev–Trinajstić information content (AvgIpc) is 1.79. The highest BCUT2D eigenvalue weighted by atomic mass is 19.4. The van der Waals surface area contributed by atoms with Crippen LogP contribution in [-0.2, 0) is 0 Å². The van der Waals surface area contributed by atoms with Gasteiger partial charge in [-0.3, -0.25) is 0 Å². The number of halogens is 8. The van der Waals surface area contributed by atoms with Gasteiger partial charge in [-0.15, -0.1) is 0 Å². The van der Waals surface area contributed by atoms with Crippen LogP contribution in [-0.4, -0.2) is 18.8 Å². The van der Waals surface area contributed by atoms with Gasteiger partial charge in [0, 0.05) is 6.08 Å². The molecule has 84 valence electrons. The van der Waals surface area contributed by atoms with Gasteiger partial charge in [0.15, 0.2) is 0 Å². The van der Waals surface area contributed by atoms with Gasteiger partial charge in [-0.1, -0.05) is 6.08 Å². The van der Waals surface area contributed by atoms with E-state index < -0.39 is 36.8 Å². The molecule has 8 heteroatoms. The molecule has 1 unspecified atom stereocenters. The maximum absolute atomic E-state index is 11.6. The van der Waals surface area contributed by atoms with E-state index in [1.807, 2.05) is 0 Å². The molecule has 0 N–H and O–H groups in total. The van der Waals surface area contributed by atoms with E-state index in [0.29, 0.717) is 0 Å². The molecule has 0 nitrogen and oxygen atoms in total. The lowest BCUT2D eigenvalue weighted by molar-refractivity contribution is -0.191. The highest BCUT2D eigenvalue weighted by Gasteiger charge is 2.44. The minimum atomic E-state index is -5.38. The second kappa shape index (κ2) is 4.14. The smallest absolute Gasteiger partial charge is 0.209 e. The van der Waals surface area contributed by atoms with Crippen LogP contribution in [0.25, 0.3) is 0 Å². The fourth-order valence-electron chi connectivity index (χ4n) is 0.549. The van der Waals surface area contributed by atoms with Crippen molar-refractivity contribution >= 4 is 0 Å². The Labute approximate surface area is 73.2 Å². The first kappa shape index (κ1) is 13.2. The van der Waals surface area contributed by atoms with Crippen LogP contribution in [0.4, 0.5) is 35.1 Å². The summed E-state index contributed by atoms with van der Waals surface area (Å²) >= 11 is 0. The molecule has 0 saturated carbocycles. The molecule has 0 rings (SSSR count). The lowest BCUT2D eigenvalue weighted by atomic mass is 10.1. The fourth-order valence-corrected chi connectivity index (χ4v) is 0.549.